The minimum absolute atomic E-state index is 0.360. The lowest BCUT2D eigenvalue weighted by atomic mass is 10.3. The molecule has 0 saturated carbocycles. The Morgan fingerprint density at radius 1 is 1.58 bits per heavy atom. The fourth-order valence-corrected chi connectivity index (χ4v) is 1.50. The zero-order valence-electron chi connectivity index (χ0n) is 6.37. The van der Waals surface area contributed by atoms with Crippen LogP contribution >= 0.6 is 11.6 Å². The molecule has 0 saturated heterocycles. The average molecular weight is 182 g/mol. The number of aromatic nitrogens is 2. The molecule has 0 aliphatic rings. The maximum atomic E-state index is 5.91. The molecule has 0 aromatic carbocycles. The van der Waals surface area contributed by atoms with Crippen LogP contribution < -0.4 is 5.73 Å². The maximum Gasteiger partial charge on any atom is 0.142 e. The van der Waals surface area contributed by atoms with Gasteiger partial charge in [-0.2, -0.15) is 0 Å². The summed E-state index contributed by atoms with van der Waals surface area (Å²) in [5, 5.41) is 1.65. The molecule has 0 unspecified atom stereocenters. The highest BCUT2D eigenvalue weighted by Crippen LogP contribution is 2.20. The van der Waals surface area contributed by atoms with Crippen LogP contribution in [0.15, 0.2) is 24.4 Å². The maximum absolute atomic E-state index is 5.91. The number of fused-ring (bicyclic) bond motifs is 1. The molecule has 0 atom stereocenters. The smallest absolute Gasteiger partial charge is 0.142 e. The highest BCUT2D eigenvalue weighted by Gasteiger charge is 2.04. The topological polar surface area (TPSA) is 43.8 Å². The highest BCUT2D eigenvalue weighted by molar-refractivity contribution is 6.30. The first kappa shape index (κ1) is 7.58. The molecule has 0 aliphatic heterocycles. The van der Waals surface area contributed by atoms with E-state index < -0.39 is 0 Å². The predicted molar refractivity (Wildman–Crippen MR) is 48.9 cm³/mol. The Morgan fingerprint density at radius 2 is 2.42 bits per heavy atom. The summed E-state index contributed by atoms with van der Waals surface area (Å²) in [5.74, 6) is 0. The number of rotatable bonds is 1. The largest absolute Gasteiger partial charge is 0.314 e. The lowest BCUT2D eigenvalue weighted by Crippen LogP contribution is -2.06. The number of hydrogen-bond donors (Lipinski definition) is 1. The molecule has 62 valence electrons. The SMILES string of the molecule is NCn1c(Cl)cc2cccnc21. The summed E-state index contributed by atoms with van der Waals surface area (Å²) in [6, 6.07) is 5.69. The molecule has 2 aromatic rings. The molecule has 12 heavy (non-hydrogen) atoms. The molecular formula is C8H8ClN3. The third-order valence-corrected chi connectivity index (χ3v) is 2.10. The van der Waals surface area contributed by atoms with Crippen molar-refractivity contribution in [1.82, 2.24) is 9.55 Å². The van der Waals surface area contributed by atoms with Crippen molar-refractivity contribution in [3.05, 3.63) is 29.5 Å². The summed E-state index contributed by atoms with van der Waals surface area (Å²) in [5.41, 5.74) is 6.34. The van der Waals surface area contributed by atoms with Crippen LogP contribution in [0.3, 0.4) is 0 Å². The van der Waals surface area contributed by atoms with E-state index in [1.807, 2.05) is 18.2 Å². The molecule has 2 aromatic heterocycles. The first-order valence-corrected chi connectivity index (χ1v) is 4.00. The lowest BCUT2D eigenvalue weighted by Gasteiger charge is -1.99. The van der Waals surface area contributed by atoms with Crippen molar-refractivity contribution < 1.29 is 0 Å². The van der Waals surface area contributed by atoms with E-state index in [0.29, 0.717) is 11.8 Å². The predicted octanol–water partition coefficient (Wildman–Crippen LogP) is 1.61. The number of halogens is 1. The van der Waals surface area contributed by atoms with Gasteiger partial charge in [0.25, 0.3) is 0 Å². The first-order chi connectivity index (χ1) is 5.83. The fourth-order valence-electron chi connectivity index (χ4n) is 1.23. The van der Waals surface area contributed by atoms with Crippen LogP contribution in [-0.2, 0) is 6.67 Å². The van der Waals surface area contributed by atoms with Gasteiger partial charge < -0.3 is 10.3 Å². The normalized spacial score (nSPS) is 10.8. The third kappa shape index (κ3) is 0.983. The van der Waals surface area contributed by atoms with Crippen molar-refractivity contribution in [2.24, 2.45) is 5.73 Å². The summed E-state index contributed by atoms with van der Waals surface area (Å²) in [6.07, 6.45) is 1.73. The van der Waals surface area contributed by atoms with Crippen LogP contribution in [0.5, 0.6) is 0 Å². The van der Waals surface area contributed by atoms with Crippen molar-refractivity contribution in [3.63, 3.8) is 0 Å². The molecular weight excluding hydrogens is 174 g/mol. The molecule has 0 aliphatic carbocycles. The minimum atomic E-state index is 0.360. The van der Waals surface area contributed by atoms with Crippen LogP contribution in [0.25, 0.3) is 11.0 Å². The quantitative estimate of drug-likeness (QED) is 0.727. The Morgan fingerprint density at radius 3 is 3.17 bits per heavy atom. The first-order valence-electron chi connectivity index (χ1n) is 3.63. The summed E-state index contributed by atoms with van der Waals surface area (Å²) in [7, 11) is 0. The molecule has 2 heterocycles. The van der Waals surface area contributed by atoms with Gasteiger partial charge in [-0.3, -0.25) is 0 Å². The van der Waals surface area contributed by atoms with Crippen molar-refractivity contribution >= 4 is 22.6 Å². The van der Waals surface area contributed by atoms with E-state index in [1.54, 1.807) is 10.8 Å². The standard InChI is InChI=1S/C8H8ClN3/c9-7-4-6-2-1-3-11-8(6)12(7)5-10/h1-4H,5,10H2. The summed E-state index contributed by atoms with van der Waals surface area (Å²) < 4.78 is 1.76. The second-order valence-electron chi connectivity index (χ2n) is 2.49. The van der Waals surface area contributed by atoms with Gasteiger partial charge in [0.15, 0.2) is 0 Å². The van der Waals surface area contributed by atoms with Gasteiger partial charge in [-0.25, -0.2) is 4.98 Å². The molecule has 2 rings (SSSR count). The van der Waals surface area contributed by atoms with E-state index >= 15 is 0 Å². The lowest BCUT2D eigenvalue weighted by molar-refractivity contribution is 0.756. The Balaban J connectivity index is 2.81. The molecule has 0 bridgehead atoms. The van der Waals surface area contributed by atoms with E-state index in [9.17, 15) is 0 Å². The van der Waals surface area contributed by atoms with Gasteiger partial charge in [-0.15, -0.1) is 0 Å². The highest BCUT2D eigenvalue weighted by atomic mass is 35.5. The zero-order chi connectivity index (χ0) is 8.55. The van der Waals surface area contributed by atoms with Crippen LogP contribution in [0.4, 0.5) is 0 Å². The van der Waals surface area contributed by atoms with Gasteiger partial charge in [-0.1, -0.05) is 11.6 Å². The number of hydrogen-bond acceptors (Lipinski definition) is 2. The van der Waals surface area contributed by atoms with E-state index in [2.05, 4.69) is 4.98 Å². The molecule has 0 radical (unpaired) electrons. The number of nitrogens with zero attached hydrogens (tertiary/aromatic N) is 2. The molecule has 3 nitrogen and oxygen atoms in total. The molecule has 2 N–H and O–H groups in total. The van der Waals surface area contributed by atoms with E-state index in [0.717, 1.165) is 11.0 Å². The fraction of sp³-hybridized carbons (Fsp3) is 0.125. The van der Waals surface area contributed by atoms with Crippen molar-refractivity contribution in [1.29, 1.82) is 0 Å². The minimum Gasteiger partial charge on any atom is -0.314 e. The van der Waals surface area contributed by atoms with E-state index in [1.165, 1.54) is 0 Å². The summed E-state index contributed by atoms with van der Waals surface area (Å²) in [4.78, 5) is 4.17. The van der Waals surface area contributed by atoms with Crippen molar-refractivity contribution in [2.45, 2.75) is 6.67 Å². The van der Waals surface area contributed by atoms with Gasteiger partial charge in [0, 0.05) is 11.6 Å². The van der Waals surface area contributed by atoms with Crippen molar-refractivity contribution in [3.8, 4) is 0 Å². The summed E-state index contributed by atoms with van der Waals surface area (Å²) in [6.45, 7) is 0.360. The Bertz CT molecular complexity index is 408. The molecule has 4 heteroatoms. The number of nitrogens with two attached hydrogens (primary N) is 1. The number of pyridine rings is 1. The van der Waals surface area contributed by atoms with Crippen LogP contribution in [-0.4, -0.2) is 9.55 Å². The van der Waals surface area contributed by atoms with Gasteiger partial charge in [-0.05, 0) is 18.2 Å². The molecule has 0 spiro atoms. The monoisotopic (exact) mass is 181 g/mol. The van der Waals surface area contributed by atoms with Crippen molar-refractivity contribution in [2.75, 3.05) is 0 Å². The Kier molecular flexibility index (Phi) is 1.75. The van der Waals surface area contributed by atoms with Crippen LogP contribution in [0, 0.1) is 0 Å². The van der Waals surface area contributed by atoms with Gasteiger partial charge in [0.05, 0.1) is 6.67 Å². The molecule has 0 fully saturated rings. The Hall–Kier alpha value is -1.06. The van der Waals surface area contributed by atoms with Crippen LogP contribution in [0.2, 0.25) is 5.15 Å². The van der Waals surface area contributed by atoms with Gasteiger partial charge in [0.1, 0.15) is 10.8 Å². The average Bonchev–Trinajstić information content (AvgIpc) is 2.40. The van der Waals surface area contributed by atoms with E-state index in [4.69, 9.17) is 17.3 Å². The third-order valence-electron chi connectivity index (χ3n) is 1.79. The van der Waals surface area contributed by atoms with Gasteiger partial charge >= 0.3 is 0 Å². The summed E-state index contributed by atoms with van der Waals surface area (Å²) >= 11 is 5.91. The van der Waals surface area contributed by atoms with Crippen LogP contribution in [0.1, 0.15) is 0 Å². The van der Waals surface area contributed by atoms with Gasteiger partial charge in [0.2, 0.25) is 0 Å². The second-order valence-corrected chi connectivity index (χ2v) is 2.88. The zero-order valence-corrected chi connectivity index (χ0v) is 7.12. The second kappa shape index (κ2) is 2.77. The Labute approximate surface area is 74.8 Å². The van der Waals surface area contributed by atoms with E-state index in [-0.39, 0.29) is 0 Å². The molecule has 0 amide bonds.